The van der Waals surface area contributed by atoms with Crippen molar-refractivity contribution in [3.05, 3.63) is 65.2 Å². The Morgan fingerprint density at radius 2 is 1.88 bits per heavy atom. The number of nitrogens with zero attached hydrogens (tertiary/aromatic N) is 1. The van der Waals surface area contributed by atoms with Gasteiger partial charge in [0.05, 0.1) is 5.56 Å². The first-order chi connectivity index (χ1) is 12.3. The van der Waals surface area contributed by atoms with Crippen molar-refractivity contribution < 1.29 is 27.5 Å². The van der Waals surface area contributed by atoms with Crippen molar-refractivity contribution in [1.29, 1.82) is 0 Å². The van der Waals surface area contributed by atoms with Crippen LogP contribution in [0.25, 0.3) is 0 Å². The van der Waals surface area contributed by atoms with E-state index in [1.54, 1.807) is 31.2 Å². The van der Waals surface area contributed by atoms with Crippen molar-refractivity contribution in [2.75, 3.05) is 6.61 Å². The molecule has 0 saturated heterocycles. The number of oxime groups is 1. The number of rotatable bonds is 7. The Bertz CT molecular complexity index is 806. The summed E-state index contributed by atoms with van der Waals surface area (Å²) in [5.41, 5.74) is -0.000122. The summed E-state index contributed by atoms with van der Waals surface area (Å²) in [6.45, 7) is 1.87. The van der Waals surface area contributed by atoms with Gasteiger partial charge in [-0.25, -0.2) is 0 Å². The third-order valence-corrected chi connectivity index (χ3v) is 3.48. The van der Waals surface area contributed by atoms with Crippen LogP contribution in [0.1, 0.15) is 23.6 Å². The zero-order chi connectivity index (χ0) is 19.2. The van der Waals surface area contributed by atoms with E-state index in [0.717, 1.165) is 12.1 Å². The summed E-state index contributed by atoms with van der Waals surface area (Å²) < 4.78 is 43.8. The minimum absolute atomic E-state index is 0.0510. The smallest absolute Gasteiger partial charge is 0.416 e. The second kappa shape index (κ2) is 8.71. The fourth-order valence-electron chi connectivity index (χ4n) is 2.12. The molecule has 0 N–H and O–H groups in total. The minimum atomic E-state index is -4.46. The summed E-state index contributed by atoms with van der Waals surface area (Å²) >= 11 is 5.56. The van der Waals surface area contributed by atoms with Crippen LogP contribution in [0.15, 0.2) is 53.7 Å². The Morgan fingerprint density at radius 1 is 1.15 bits per heavy atom. The van der Waals surface area contributed by atoms with Crippen LogP contribution >= 0.6 is 11.6 Å². The highest BCUT2D eigenvalue weighted by Gasteiger charge is 2.30. The van der Waals surface area contributed by atoms with Crippen LogP contribution in [-0.2, 0) is 22.4 Å². The number of alkyl halides is 3. The first-order valence-corrected chi connectivity index (χ1v) is 7.99. The molecular weight excluding hydrogens is 371 g/mol. The van der Waals surface area contributed by atoms with Gasteiger partial charge in [0.1, 0.15) is 19.0 Å². The molecule has 26 heavy (non-hydrogen) atoms. The summed E-state index contributed by atoms with van der Waals surface area (Å²) in [5.74, 6) is 0.0510. The van der Waals surface area contributed by atoms with E-state index >= 15 is 0 Å². The highest BCUT2D eigenvalue weighted by atomic mass is 35.5. The van der Waals surface area contributed by atoms with E-state index in [-0.39, 0.29) is 24.7 Å². The molecule has 0 radical (unpaired) electrons. The van der Waals surface area contributed by atoms with Gasteiger partial charge in [-0.3, -0.25) is 4.79 Å². The van der Waals surface area contributed by atoms with E-state index < -0.39 is 17.0 Å². The Morgan fingerprint density at radius 3 is 2.54 bits per heavy atom. The van der Waals surface area contributed by atoms with Crippen LogP contribution in [0.3, 0.4) is 0 Å². The largest absolute Gasteiger partial charge is 0.489 e. The zero-order valence-corrected chi connectivity index (χ0v) is 14.5. The molecule has 2 rings (SSSR count). The summed E-state index contributed by atoms with van der Waals surface area (Å²) in [7, 11) is 0. The maximum absolute atomic E-state index is 12.8. The molecule has 0 saturated carbocycles. The number of hydrogen-bond donors (Lipinski definition) is 0. The minimum Gasteiger partial charge on any atom is -0.489 e. The molecule has 0 aliphatic carbocycles. The summed E-state index contributed by atoms with van der Waals surface area (Å²) in [6, 6.07) is 11.2. The van der Waals surface area contributed by atoms with Gasteiger partial charge in [-0.15, -0.1) is 0 Å². The van der Waals surface area contributed by atoms with Gasteiger partial charge in [0.15, 0.2) is 5.71 Å². The number of hydrogen-bond acceptors (Lipinski definition) is 4. The number of carbonyl (C=O) groups excluding carboxylic acids is 1. The van der Waals surface area contributed by atoms with Gasteiger partial charge in [0.25, 0.3) is 5.24 Å². The molecular formula is C18H15ClF3NO3. The van der Waals surface area contributed by atoms with Crippen molar-refractivity contribution in [2.24, 2.45) is 5.16 Å². The van der Waals surface area contributed by atoms with Crippen LogP contribution in [0, 0.1) is 0 Å². The molecule has 0 unspecified atom stereocenters. The SMILES string of the molecule is CCO/N=C(\C(=O)Cl)c1ccccc1COc1cccc(C(F)(F)F)c1. The standard InChI is InChI=1S/C18H15ClF3NO3/c1-2-26-23-16(17(19)24)15-9-4-3-6-12(15)11-25-14-8-5-7-13(10-14)18(20,21)22/h3-10H,2,11H2,1H3/b23-16-. The van der Waals surface area contributed by atoms with E-state index in [9.17, 15) is 18.0 Å². The third kappa shape index (κ3) is 5.23. The first-order valence-electron chi connectivity index (χ1n) is 7.61. The van der Waals surface area contributed by atoms with Gasteiger partial charge < -0.3 is 9.57 Å². The number of halogens is 4. The molecule has 0 aliphatic heterocycles. The molecule has 0 fully saturated rings. The summed E-state index contributed by atoms with van der Waals surface area (Å²) in [5, 5.41) is 2.89. The van der Waals surface area contributed by atoms with E-state index in [2.05, 4.69) is 5.16 Å². The van der Waals surface area contributed by atoms with Gasteiger partial charge in [-0.1, -0.05) is 35.5 Å². The fraction of sp³-hybridized carbons (Fsp3) is 0.222. The van der Waals surface area contributed by atoms with Gasteiger partial charge in [-0.2, -0.15) is 13.2 Å². The highest BCUT2D eigenvalue weighted by Crippen LogP contribution is 2.31. The van der Waals surface area contributed by atoms with Crippen molar-refractivity contribution in [1.82, 2.24) is 0 Å². The molecule has 0 aliphatic rings. The lowest BCUT2D eigenvalue weighted by atomic mass is 10.0. The van der Waals surface area contributed by atoms with E-state index in [1.165, 1.54) is 12.1 Å². The average Bonchev–Trinajstić information content (AvgIpc) is 2.60. The Balaban J connectivity index is 2.25. The molecule has 0 bridgehead atoms. The molecule has 4 nitrogen and oxygen atoms in total. The fourth-order valence-corrected chi connectivity index (χ4v) is 2.26. The first kappa shape index (κ1) is 19.8. The van der Waals surface area contributed by atoms with Crippen LogP contribution < -0.4 is 4.74 Å². The van der Waals surface area contributed by atoms with Crippen molar-refractivity contribution in [3.8, 4) is 5.75 Å². The van der Waals surface area contributed by atoms with Gasteiger partial charge in [0, 0.05) is 5.56 Å². The molecule has 0 aromatic heterocycles. The van der Waals surface area contributed by atoms with Crippen LogP contribution in [-0.4, -0.2) is 17.6 Å². The predicted molar refractivity (Wildman–Crippen MR) is 91.2 cm³/mol. The second-order valence-electron chi connectivity index (χ2n) is 5.10. The molecule has 8 heteroatoms. The Kier molecular flexibility index (Phi) is 6.63. The number of carbonyl (C=O) groups is 1. The maximum Gasteiger partial charge on any atom is 0.416 e. The highest BCUT2D eigenvalue weighted by molar-refractivity contribution is 6.84. The quantitative estimate of drug-likeness (QED) is 0.391. The van der Waals surface area contributed by atoms with Gasteiger partial charge in [0.2, 0.25) is 0 Å². The van der Waals surface area contributed by atoms with Crippen LogP contribution in [0.2, 0.25) is 0 Å². The Hall–Kier alpha value is -2.54. The second-order valence-corrected chi connectivity index (χ2v) is 5.45. The topological polar surface area (TPSA) is 47.9 Å². The maximum atomic E-state index is 12.8. The predicted octanol–water partition coefficient (Wildman–Crippen LogP) is 4.79. The molecule has 0 atom stereocenters. The van der Waals surface area contributed by atoms with Crippen LogP contribution in [0.4, 0.5) is 13.2 Å². The molecule has 2 aromatic rings. The van der Waals surface area contributed by atoms with Gasteiger partial charge >= 0.3 is 6.18 Å². The Labute approximate surface area is 153 Å². The number of benzene rings is 2. The molecule has 2 aromatic carbocycles. The van der Waals surface area contributed by atoms with E-state index in [4.69, 9.17) is 21.2 Å². The zero-order valence-electron chi connectivity index (χ0n) is 13.7. The molecule has 0 heterocycles. The third-order valence-electron chi connectivity index (χ3n) is 3.30. The lowest BCUT2D eigenvalue weighted by Crippen LogP contribution is -2.14. The van der Waals surface area contributed by atoms with E-state index in [1.807, 2.05) is 0 Å². The average molecular weight is 386 g/mol. The lowest BCUT2D eigenvalue weighted by Gasteiger charge is -2.12. The molecule has 0 amide bonds. The van der Waals surface area contributed by atoms with Gasteiger partial charge in [-0.05, 0) is 42.3 Å². The van der Waals surface area contributed by atoms with Crippen molar-refractivity contribution >= 4 is 22.6 Å². The number of ether oxygens (including phenoxy) is 1. The van der Waals surface area contributed by atoms with Crippen molar-refractivity contribution in [2.45, 2.75) is 19.7 Å². The van der Waals surface area contributed by atoms with E-state index in [0.29, 0.717) is 11.1 Å². The normalized spacial score (nSPS) is 12.0. The summed E-state index contributed by atoms with van der Waals surface area (Å²) in [6.07, 6.45) is -4.46. The lowest BCUT2D eigenvalue weighted by molar-refractivity contribution is -0.137. The molecule has 138 valence electrons. The van der Waals surface area contributed by atoms with Crippen LogP contribution in [0.5, 0.6) is 5.75 Å². The molecule has 0 spiro atoms. The monoisotopic (exact) mass is 385 g/mol. The van der Waals surface area contributed by atoms with Crippen molar-refractivity contribution in [3.63, 3.8) is 0 Å². The summed E-state index contributed by atoms with van der Waals surface area (Å²) in [4.78, 5) is 16.5.